The van der Waals surface area contributed by atoms with Crippen LogP contribution < -0.4 is 0 Å². The van der Waals surface area contributed by atoms with Gasteiger partial charge in [0.15, 0.2) is 0 Å². The summed E-state index contributed by atoms with van der Waals surface area (Å²) in [6.07, 6.45) is 4.72. The minimum atomic E-state index is 0.118. The lowest BCUT2D eigenvalue weighted by atomic mass is 10.1. The third-order valence-electron chi connectivity index (χ3n) is 2.70. The number of hydrogen-bond donors (Lipinski definition) is 1. The van der Waals surface area contributed by atoms with Crippen LogP contribution in [0.2, 0.25) is 0 Å². The number of fused-ring (bicyclic) bond motifs is 1. The van der Waals surface area contributed by atoms with Crippen molar-refractivity contribution in [2.24, 2.45) is 0 Å². The van der Waals surface area contributed by atoms with Gasteiger partial charge in [-0.2, -0.15) is 0 Å². The van der Waals surface area contributed by atoms with Crippen molar-refractivity contribution in [2.75, 3.05) is 6.61 Å². The number of aromatic nitrogens is 1. The van der Waals surface area contributed by atoms with Gasteiger partial charge in [0.25, 0.3) is 0 Å². The molecule has 82 valence electrons. The topological polar surface area (TPSA) is 33.1 Å². The number of pyridine rings is 1. The second-order valence-corrected chi connectivity index (χ2v) is 3.73. The number of aliphatic hydroxyl groups is 1. The van der Waals surface area contributed by atoms with Crippen LogP contribution in [0.3, 0.4) is 0 Å². The molecule has 2 rings (SSSR count). The van der Waals surface area contributed by atoms with Gasteiger partial charge >= 0.3 is 0 Å². The minimum absolute atomic E-state index is 0.118. The number of rotatable bonds is 3. The number of nitrogens with zero attached hydrogens (tertiary/aromatic N) is 1. The maximum absolute atomic E-state index is 9.18. The van der Waals surface area contributed by atoms with Gasteiger partial charge < -0.3 is 5.11 Å². The van der Waals surface area contributed by atoms with E-state index in [9.17, 15) is 5.11 Å². The van der Waals surface area contributed by atoms with Crippen LogP contribution in [0.5, 0.6) is 0 Å². The molecule has 2 nitrogen and oxygen atoms in total. The van der Waals surface area contributed by atoms with E-state index in [0.29, 0.717) is 0 Å². The SMILES string of the molecule is CCC(=Cc1ccnc2ccccc12)CO. The number of para-hydroxylation sites is 1. The Balaban J connectivity index is 2.56. The highest BCUT2D eigenvalue weighted by Gasteiger charge is 1.99. The average molecular weight is 213 g/mol. The monoisotopic (exact) mass is 213 g/mol. The molecule has 0 amide bonds. The van der Waals surface area contributed by atoms with Crippen LogP contribution in [0, 0.1) is 0 Å². The van der Waals surface area contributed by atoms with E-state index < -0.39 is 0 Å². The molecule has 1 N–H and O–H groups in total. The van der Waals surface area contributed by atoms with Crippen molar-refractivity contribution >= 4 is 17.0 Å². The maximum Gasteiger partial charge on any atom is 0.0707 e. The Labute approximate surface area is 95.3 Å². The zero-order chi connectivity index (χ0) is 11.4. The molecule has 0 bridgehead atoms. The molecule has 0 spiro atoms. The predicted octanol–water partition coefficient (Wildman–Crippen LogP) is 3.02. The van der Waals surface area contributed by atoms with Crippen molar-refractivity contribution < 1.29 is 5.11 Å². The first-order chi connectivity index (χ1) is 7.85. The molecule has 0 saturated carbocycles. The van der Waals surface area contributed by atoms with Gasteiger partial charge in [0.1, 0.15) is 0 Å². The third kappa shape index (κ3) is 2.12. The molecular weight excluding hydrogens is 198 g/mol. The Hall–Kier alpha value is -1.67. The van der Waals surface area contributed by atoms with Crippen molar-refractivity contribution in [1.29, 1.82) is 0 Å². The number of aliphatic hydroxyl groups excluding tert-OH is 1. The molecule has 0 unspecified atom stereocenters. The van der Waals surface area contributed by atoms with Crippen LogP contribution in [0.1, 0.15) is 18.9 Å². The number of benzene rings is 1. The summed E-state index contributed by atoms with van der Waals surface area (Å²) in [7, 11) is 0. The summed E-state index contributed by atoms with van der Waals surface area (Å²) in [4.78, 5) is 4.31. The van der Waals surface area contributed by atoms with Gasteiger partial charge in [-0.3, -0.25) is 4.98 Å². The Morgan fingerprint density at radius 2 is 2.12 bits per heavy atom. The lowest BCUT2D eigenvalue weighted by molar-refractivity contribution is 0.329. The van der Waals surface area contributed by atoms with Gasteiger partial charge in [-0.05, 0) is 29.7 Å². The smallest absolute Gasteiger partial charge is 0.0707 e. The molecule has 0 radical (unpaired) electrons. The fraction of sp³-hybridized carbons (Fsp3) is 0.214. The second-order valence-electron chi connectivity index (χ2n) is 3.73. The first-order valence-electron chi connectivity index (χ1n) is 5.49. The Morgan fingerprint density at radius 1 is 1.31 bits per heavy atom. The normalized spacial score (nSPS) is 12.0. The molecule has 0 saturated heterocycles. The van der Waals surface area contributed by atoms with E-state index in [-0.39, 0.29) is 6.61 Å². The van der Waals surface area contributed by atoms with Crippen molar-refractivity contribution in [3.05, 3.63) is 47.7 Å². The van der Waals surface area contributed by atoms with Crippen molar-refractivity contribution in [3.8, 4) is 0 Å². The zero-order valence-electron chi connectivity index (χ0n) is 9.35. The van der Waals surface area contributed by atoms with Crippen LogP contribution >= 0.6 is 0 Å². The zero-order valence-corrected chi connectivity index (χ0v) is 9.35. The first-order valence-corrected chi connectivity index (χ1v) is 5.49. The highest BCUT2D eigenvalue weighted by Crippen LogP contribution is 2.19. The van der Waals surface area contributed by atoms with Gasteiger partial charge in [0, 0.05) is 11.6 Å². The molecule has 2 heteroatoms. The molecule has 0 fully saturated rings. The van der Waals surface area contributed by atoms with Crippen molar-refractivity contribution in [1.82, 2.24) is 4.98 Å². The summed E-state index contributed by atoms with van der Waals surface area (Å²) in [6.45, 7) is 2.17. The molecule has 0 aliphatic rings. The van der Waals surface area contributed by atoms with E-state index in [0.717, 1.165) is 28.5 Å². The molecule has 1 aromatic carbocycles. The van der Waals surface area contributed by atoms with Gasteiger partial charge in [-0.1, -0.05) is 31.2 Å². The first kappa shape index (κ1) is 10.8. The van der Waals surface area contributed by atoms with Gasteiger partial charge in [-0.25, -0.2) is 0 Å². The number of hydrogen-bond acceptors (Lipinski definition) is 2. The Bertz CT molecular complexity index is 506. The van der Waals surface area contributed by atoms with E-state index in [1.165, 1.54) is 0 Å². The summed E-state index contributed by atoms with van der Waals surface area (Å²) in [5.41, 5.74) is 3.15. The van der Waals surface area contributed by atoms with Crippen LogP contribution in [0.15, 0.2) is 42.1 Å². The summed E-state index contributed by atoms with van der Waals surface area (Å²) < 4.78 is 0. The van der Waals surface area contributed by atoms with Crippen molar-refractivity contribution in [2.45, 2.75) is 13.3 Å². The van der Waals surface area contributed by atoms with Crippen molar-refractivity contribution in [3.63, 3.8) is 0 Å². The standard InChI is InChI=1S/C14H15NO/c1-2-11(10-16)9-12-7-8-15-14-6-4-3-5-13(12)14/h3-9,16H,2,10H2,1H3. The fourth-order valence-corrected chi connectivity index (χ4v) is 1.72. The highest BCUT2D eigenvalue weighted by molar-refractivity contribution is 5.87. The molecule has 16 heavy (non-hydrogen) atoms. The molecular formula is C14H15NO. The molecule has 2 aromatic rings. The van der Waals surface area contributed by atoms with E-state index in [1.807, 2.05) is 37.3 Å². The Kier molecular flexibility index (Phi) is 3.32. The predicted molar refractivity (Wildman–Crippen MR) is 67.1 cm³/mol. The molecule has 1 heterocycles. The van der Waals surface area contributed by atoms with Gasteiger partial charge in [-0.15, -0.1) is 0 Å². The van der Waals surface area contributed by atoms with Crippen LogP contribution in [0.4, 0.5) is 0 Å². The van der Waals surface area contributed by atoms with E-state index in [4.69, 9.17) is 0 Å². The molecule has 1 aromatic heterocycles. The quantitative estimate of drug-likeness (QED) is 0.850. The van der Waals surface area contributed by atoms with E-state index in [2.05, 4.69) is 11.1 Å². The van der Waals surface area contributed by atoms with E-state index >= 15 is 0 Å². The molecule has 0 aliphatic heterocycles. The van der Waals surface area contributed by atoms with Crippen LogP contribution in [-0.4, -0.2) is 16.7 Å². The molecule has 0 atom stereocenters. The Morgan fingerprint density at radius 3 is 2.88 bits per heavy atom. The molecule has 0 aliphatic carbocycles. The fourth-order valence-electron chi connectivity index (χ4n) is 1.72. The summed E-state index contributed by atoms with van der Waals surface area (Å²) in [6, 6.07) is 10.0. The third-order valence-corrected chi connectivity index (χ3v) is 2.70. The largest absolute Gasteiger partial charge is 0.392 e. The summed E-state index contributed by atoms with van der Waals surface area (Å²) in [5, 5.41) is 10.3. The minimum Gasteiger partial charge on any atom is -0.392 e. The maximum atomic E-state index is 9.18. The van der Waals surface area contributed by atoms with Crippen LogP contribution in [0.25, 0.3) is 17.0 Å². The van der Waals surface area contributed by atoms with Crippen LogP contribution in [-0.2, 0) is 0 Å². The van der Waals surface area contributed by atoms with E-state index in [1.54, 1.807) is 6.20 Å². The average Bonchev–Trinajstić information content (AvgIpc) is 2.36. The van der Waals surface area contributed by atoms with Gasteiger partial charge in [0.05, 0.1) is 12.1 Å². The lowest BCUT2D eigenvalue weighted by Gasteiger charge is -2.03. The summed E-state index contributed by atoms with van der Waals surface area (Å²) in [5.74, 6) is 0. The lowest BCUT2D eigenvalue weighted by Crippen LogP contribution is -1.89. The second kappa shape index (κ2) is 4.90. The summed E-state index contributed by atoms with van der Waals surface area (Å²) >= 11 is 0. The van der Waals surface area contributed by atoms with Gasteiger partial charge in [0.2, 0.25) is 0 Å². The highest BCUT2D eigenvalue weighted by atomic mass is 16.3.